The minimum absolute atomic E-state index is 0.0103. The summed E-state index contributed by atoms with van der Waals surface area (Å²) < 4.78 is 19.2. The smallest absolute Gasteiger partial charge is 0.269 e. The first kappa shape index (κ1) is 14.5. The molecule has 0 heterocycles. The summed E-state index contributed by atoms with van der Waals surface area (Å²) in [7, 11) is 0. The molecule has 0 saturated heterocycles. The number of hydrogen-bond donors (Lipinski definition) is 0. The third-order valence-corrected chi connectivity index (χ3v) is 3.37. The minimum atomic E-state index is -0.454. The Morgan fingerprint density at radius 3 is 2.70 bits per heavy atom. The highest BCUT2D eigenvalue weighted by atomic mass is 79.9. The van der Waals surface area contributed by atoms with E-state index in [1.807, 2.05) is 0 Å². The van der Waals surface area contributed by atoms with Crippen molar-refractivity contribution in [1.29, 1.82) is 0 Å². The lowest BCUT2D eigenvalue weighted by molar-refractivity contribution is -0.385. The number of non-ortho nitro benzene ring substituents is 1. The predicted molar refractivity (Wildman–Crippen MR) is 76.2 cm³/mol. The molecule has 2 rings (SSSR count). The molecule has 6 heteroatoms. The number of halogens is 2. The van der Waals surface area contributed by atoms with E-state index in [-0.39, 0.29) is 11.5 Å². The van der Waals surface area contributed by atoms with E-state index < -0.39 is 11.0 Å². The van der Waals surface area contributed by atoms with Crippen LogP contribution >= 0.6 is 15.9 Å². The van der Waals surface area contributed by atoms with E-state index >= 15 is 0 Å². The van der Waals surface area contributed by atoms with Crippen molar-refractivity contribution in [2.24, 2.45) is 0 Å². The number of benzene rings is 2. The summed E-state index contributed by atoms with van der Waals surface area (Å²) in [5.74, 6) is 0.109. The van der Waals surface area contributed by atoms with Gasteiger partial charge in [-0.25, -0.2) is 4.39 Å². The lowest BCUT2D eigenvalue weighted by Crippen LogP contribution is -2.04. The van der Waals surface area contributed by atoms with Gasteiger partial charge in [-0.15, -0.1) is 0 Å². The molecule has 104 valence electrons. The summed E-state index contributed by atoms with van der Waals surface area (Å²) in [5, 5.41) is 10.7. The van der Waals surface area contributed by atoms with Gasteiger partial charge in [0.1, 0.15) is 17.7 Å². The molecule has 0 N–H and O–H groups in total. The molecular formula is C14H11BrFNO3. The zero-order chi connectivity index (χ0) is 14.7. The summed E-state index contributed by atoms with van der Waals surface area (Å²) in [6.45, 7) is 1.77. The largest absolute Gasteiger partial charge is 0.485 e. The van der Waals surface area contributed by atoms with Crippen molar-refractivity contribution in [3.05, 3.63) is 68.4 Å². The van der Waals surface area contributed by atoms with Crippen LogP contribution in [0.4, 0.5) is 10.1 Å². The Balaban J connectivity index is 2.21. The summed E-state index contributed by atoms with van der Waals surface area (Å²) >= 11 is 3.21. The summed E-state index contributed by atoms with van der Waals surface area (Å²) in [6.07, 6.45) is -0.392. The van der Waals surface area contributed by atoms with Crippen molar-refractivity contribution in [3.8, 4) is 5.75 Å². The van der Waals surface area contributed by atoms with Gasteiger partial charge in [-0.1, -0.05) is 12.1 Å². The van der Waals surface area contributed by atoms with Gasteiger partial charge in [0.15, 0.2) is 0 Å². The number of ether oxygens (including phenoxy) is 1. The SMILES string of the molecule is C[C@H](Oc1ccc(F)cc1Br)c1cccc([N+](=O)[O-])c1. The van der Waals surface area contributed by atoms with Crippen molar-refractivity contribution < 1.29 is 14.1 Å². The van der Waals surface area contributed by atoms with Gasteiger partial charge in [-0.2, -0.15) is 0 Å². The van der Waals surface area contributed by atoms with Gasteiger partial charge in [-0.3, -0.25) is 10.1 Å². The van der Waals surface area contributed by atoms with Crippen LogP contribution in [0.25, 0.3) is 0 Å². The average molecular weight is 340 g/mol. The highest BCUT2D eigenvalue weighted by Gasteiger charge is 2.13. The van der Waals surface area contributed by atoms with Gasteiger partial charge in [0.25, 0.3) is 5.69 Å². The van der Waals surface area contributed by atoms with Crippen molar-refractivity contribution in [3.63, 3.8) is 0 Å². The molecule has 1 atom stereocenters. The van der Waals surface area contributed by atoms with Crippen LogP contribution in [-0.2, 0) is 0 Å². The van der Waals surface area contributed by atoms with E-state index in [0.717, 1.165) is 0 Å². The van der Waals surface area contributed by atoms with Crippen LogP contribution in [0, 0.1) is 15.9 Å². The number of nitro groups is 1. The van der Waals surface area contributed by atoms with Gasteiger partial charge in [-0.05, 0) is 46.6 Å². The van der Waals surface area contributed by atoms with Crippen LogP contribution in [0.1, 0.15) is 18.6 Å². The molecule has 0 amide bonds. The molecule has 0 radical (unpaired) electrons. The van der Waals surface area contributed by atoms with E-state index in [0.29, 0.717) is 15.8 Å². The van der Waals surface area contributed by atoms with E-state index in [9.17, 15) is 14.5 Å². The molecular weight excluding hydrogens is 329 g/mol. The van der Waals surface area contributed by atoms with Crippen LogP contribution in [0.2, 0.25) is 0 Å². The first-order valence-corrected chi connectivity index (χ1v) is 6.62. The molecule has 0 unspecified atom stereocenters. The molecule has 4 nitrogen and oxygen atoms in total. The number of rotatable bonds is 4. The fraction of sp³-hybridized carbons (Fsp3) is 0.143. The molecule has 2 aromatic rings. The molecule has 0 aromatic heterocycles. The van der Waals surface area contributed by atoms with Gasteiger partial charge in [0, 0.05) is 12.1 Å². The van der Waals surface area contributed by atoms with Crippen LogP contribution in [0.15, 0.2) is 46.9 Å². The fourth-order valence-corrected chi connectivity index (χ4v) is 2.16. The maximum atomic E-state index is 13.0. The van der Waals surface area contributed by atoms with E-state index in [1.165, 1.54) is 30.3 Å². The number of nitro benzene ring substituents is 1. The second-order valence-corrected chi connectivity index (χ2v) is 5.04. The number of hydrogen-bond acceptors (Lipinski definition) is 3. The molecule has 0 saturated carbocycles. The molecule has 0 aliphatic rings. The lowest BCUT2D eigenvalue weighted by Gasteiger charge is -2.16. The summed E-state index contributed by atoms with van der Waals surface area (Å²) in [6, 6.07) is 10.3. The maximum absolute atomic E-state index is 13.0. The maximum Gasteiger partial charge on any atom is 0.269 e. The van der Waals surface area contributed by atoms with Gasteiger partial charge < -0.3 is 4.74 Å². The third-order valence-electron chi connectivity index (χ3n) is 2.75. The molecule has 0 aliphatic carbocycles. The van der Waals surface area contributed by atoms with Crippen molar-refractivity contribution in [1.82, 2.24) is 0 Å². The van der Waals surface area contributed by atoms with Gasteiger partial charge in [0.2, 0.25) is 0 Å². The van der Waals surface area contributed by atoms with Gasteiger partial charge in [0.05, 0.1) is 9.40 Å². The first-order chi connectivity index (χ1) is 9.47. The zero-order valence-electron chi connectivity index (χ0n) is 10.5. The zero-order valence-corrected chi connectivity index (χ0v) is 12.1. The molecule has 0 bridgehead atoms. The summed E-state index contributed by atoms with van der Waals surface area (Å²) in [4.78, 5) is 10.3. The Kier molecular flexibility index (Phi) is 4.34. The Bertz CT molecular complexity index is 648. The second kappa shape index (κ2) is 6.00. The molecule has 0 spiro atoms. The molecule has 20 heavy (non-hydrogen) atoms. The van der Waals surface area contributed by atoms with E-state index in [4.69, 9.17) is 4.74 Å². The Hall–Kier alpha value is -1.95. The van der Waals surface area contributed by atoms with Gasteiger partial charge >= 0.3 is 0 Å². The monoisotopic (exact) mass is 339 g/mol. The molecule has 0 aliphatic heterocycles. The van der Waals surface area contributed by atoms with Crippen LogP contribution in [-0.4, -0.2) is 4.92 Å². The Morgan fingerprint density at radius 2 is 2.05 bits per heavy atom. The molecule has 2 aromatic carbocycles. The summed E-state index contributed by atoms with van der Waals surface area (Å²) in [5.41, 5.74) is 0.687. The normalized spacial score (nSPS) is 11.9. The fourth-order valence-electron chi connectivity index (χ4n) is 1.72. The number of nitrogens with zero attached hydrogens (tertiary/aromatic N) is 1. The van der Waals surface area contributed by atoms with Crippen LogP contribution in [0.5, 0.6) is 5.75 Å². The first-order valence-electron chi connectivity index (χ1n) is 5.83. The van der Waals surface area contributed by atoms with Crippen LogP contribution < -0.4 is 4.74 Å². The van der Waals surface area contributed by atoms with Crippen molar-refractivity contribution in [2.45, 2.75) is 13.0 Å². The Morgan fingerprint density at radius 1 is 1.30 bits per heavy atom. The predicted octanol–water partition coefficient (Wildman–Crippen LogP) is 4.64. The Labute approximate surface area is 123 Å². The van der Waals surface area contributed by atoms with Crippen LogP contribution in [0.3, 0.4) is 0 Å². The highest BCUT2D eigenvalue weighted by molar-refractivity contribution is 9.10. The lowest BCUT2D eigenvalue weighted by atomic mass is 10.1. The van der Waals surface area contributed by atoms with E-state index in [1.54, 1.807) is 19.1 Å². The highest BCUT2D eigenvalue weighted by Crippen LogP contribution is 2.30. The van der Waals surface area contributed by atoms with Crippen molar-refractivity contribution >= 4 is 21.6 Å². The minimum Gasteiger partial charge on any atom is -0.485 e. The quantitative estimate of drug-likeness (QED) is 0.602. The third kappa shape index (κ3) is 3.33. The topological polar surface area (TPSA) is 52.4 Å². The second-order valence-electron chi connectivity index (χ2n) is 4.19. The van der Waals surface area contributed by atoms with Crippen molar-refractivity contribution in [2.75, 3.05) is 0 Å². The molecule has 0 fully saturated rings. The standard InChI is InChI=1S/C14H11BrFNO3/c1-9(10-3-2-4-12(7-10)17(18)19)20-14-6-5-11(16)8-13(14)15/h2-9H,1H3/t9-/m0/s1. The average Bonchev–Trinajstić information content (AvgIpc) is 2.42. The van der Waals surface area contributed by atoms with E-state index in [2.05, 4.69) is 15.9 Å².